The van der Waals surface area contributed by atoms with Crippen molar-refractivity contribution in [2.45, 2.75) is 63.5 Å². The number of nitrogens with zero attached hydrogens (tertiary/aromatic N) is 2. The van der Waals surface area contributed by atoms with E-state index < -0.39 is 12.1 Å². The van der Waals surface area contributed by atoms with Crippen LogP contribution in [0.2, 0.25) is 0 Å². The number of amides is 2. The first-order valence-electron chi connectivity index (χ1n) is 11.1. The number of carbonyl (C=O) groups is 2. The summed E-state index contributed by atoms with van der Waals surface area (Å²) in [5.74, 6) is 2.17. The summed E-state index contributed by atoms with van der Waals surface area (Å²) < 4.78 is 5.19. The van der Waals surface area contributed by atoms with E-state index in [1.165, 1.54) is 49.9 Å². The number of alkyl carbamates (subject to hydrolysis) is 1. The Balaban J connectivity index is 1.15. The second-order valence-corrected chi connectivity index (χ2v) is 10.5. The van der Waals surface area contributed by atoms with Crippen molar-refractivity contribution in [3.63, 3.8) is 0 Å². The number of rotatable bonds is 6. The molecule has 7 nitrogen and oxygen atoms in total. The number of carbonyl (C=O) groups excluding carboxylic acids is 2. The van der Waals surface area contributed by atoms with Gasteiger partial charge in [-0.25, -0.2) is 4.79 Å². The SMILES string of the molecule is CC(NC(=O)OCc1ccccc1)C(=O)Nc1nnc(C23CC4CC(CC(C4)C2)C3)s1. The smallest absolute Gasteiger partial charge is 0.408 e. The summed E-state index contributed by atoms with van der Waals surface area (Å²) in [6, 6.07) is 8.67. The number of hydrogen-bond donors (Lipinski definition) is 2. The number of nitrogens with one attached hydrogen (secondary N) is 2. The van der Waals surface area contributed by atoms with Crippen LogP contribution in [0.4, 0.5) is 9.93 Å². The first kappa shape index (κ1) is 20.4. The van der Waals surface area contributed by atoms with Crippen LogP contribution in [0.1, 0.15) is 56.0 Å². The highest BCUT2D eigenvalue weighted by atomic mass is 32.1. The molecule has 4 bridgehead atoms. The summed E-state index contributed by atoms with van der Waals surface area (Å²) in [7, 11) is 0. The summed E-state index contributed by atoms with van der Waals surface area (Å²) >= 11 is 1.50. The molecule has 1 aromatic carbocycles. The Morgan fingerprint density at radius 2 is 1.74 bits per heavy atom. The molecule has 31 heavy (non-hydrogen) atoms. The normalized spacial score (nSPS) is 29.4. The number of hydrogen-bond acceptors (Lipinski definition) is 6. The Kier molecular flexibility index (Phi) is 5.42. The van der Waals surface area contributed by atoms with Crippen LogP contribution < -0.4 is 10.6 Å². The first-order chi connectivity index (χ1) is 15.0. The lowest BCUT2D eigenvalue weighted by molar-refractivity contribution is -0.117. The van der Waals surface area contributed by atoms with Crippen molar-refractivity contribution in [3.05, 3.63) is 40.9 Å². The van der Waals surface area contributed by atoms with E-state index in [2.05, 4.69) is 20.8 Å². The number of aromatic nitrogens is 2. The molecule has 1 unspecified atom stereocenters. The molecule has 2 aromatic rings. The molecule has 164 valence electrons. The molecule has 6 rings (SSSR count). The van der Waals surface area contributed by atoms with Gasteiger partial charge in [-0.1, -0.05) is 41.7 Å². The first-order valence-corrected chi connectivity index (χ1v) is 11.9. The minimum absolute atomic E-state index is 0.159. The topological polar surface area (TPSA) is 93.2 Å². The second-order valence-electron chi connectivity index (χ2n) is 9.53. The Bertz CT molecular complexity index is 925. The Morgan fingerprint density at radius 3 is 2.39 bits per heavy atom. The quantitative estimate of drug-likeness (QED) is 0.700. The average molecular weight is 441 g/mol. The molecule has 0 radical (unpaired) electrons. The minimum Gasteiger partial charge on any atom is -0.445 e. The van der Waals surface area contributed by atoms with Crippen LogP contribution in [0.15, 0.2) is 30.3 Å². The molecule has 1 heterocycles. The van der Waals surface area contributed by atoms with Crippen LogP contribution in [0.5, 0.6) is 0 Å². The molecule has 2 N–H and O–H groups in total. The van der Waals surface area contributed by atoms with Gasteiger partial charge in [-0.2, -0.15) is 0 Å². The maximum absolute atomic E-state index is 12.5. The van der Waals surface area contributed by atoms with Gasteiger partial charge in [-0.3, -0.25) is 10.1 Å². The van der Waals surface area contributed by atoms with Crippen molar-refractivity contribution in [3.8, 4) is 0 Å². The Labute approximate surface area is 186 Å². The predicted octanol–water partition coefficient (Wildman–Crippen LogP) is 4.26. The minimum atomic E-state index is -0.741. The van der Waals surface area contributed by atoms with Gasteiger partial charge in [0.15, 0.2) is 0 Å². The number of ether oxygens (including phenoxy) is 1. The third-order valence-corrected chi connectivity index (χ3v) is 8.17. The zero-order valence-electron chi connectivity index (χ0n) is 17.7. The van der Waals surface area contributed by atoms with Gasteiger partial charge < -0.3 is 10.1 Å². The largest absolute Gasteiger partial charge is 0.445 e. The van der Waals surface area contributed by atoms with Gasteiger partial charge in [0.05, 0.1) is 0 Å². The predicted molar refractivity (Wildman–Crippen MR) is 118 cm³/mol. The lowest BCUT2D eigenvalue weighted by atomic mass is 9.50. The Hall–Kier alpha value is -2.48. The zero-order chi connectivity index (χ0) is 21.4. The van der Waals surface area contributed by atoms with E-state index in [1.54, 1.807) is 6.92 Å². The molecule has 1 atom stereocenters. The fourth-order valence-corrected chi connectivity index (χ4v) is 7.05. The van der Waals surface area contributed by atoms with Gasteiger partial charge in [0.1, 0.15) is 17.7 Å². The van der Waals surface area contributed by atoms with Crippen LogP contribution in [0.3, 0.4) is 0 Å². The van der Waals surface area contributed by atoms with Crippen molar-refractivity contribution < 1.29 is 14.3 Å². The molecule has 8 heteroatoms. The number of anilines is 1. The van der Waals surface area contributed by atoms with E-state index in [9.17, 15) is 9.59 Å². The van der Waals surface area contributed by atoms with E-state index in [0.29, 0.717) is 5.13 Å². The highest BCUT2D eigenvalue weighted by Crippen LogP contribution is 2.61. The highest BCUT2D eigenvalue weighted by Gasteiger charge is 2.53. The monoisotopic (exact) mass is 440 g/mol. The molecule has 0 aliphatic heterocycles. The molecule has 4 aliphatic carbocycles. The second kappa shape index (κ2) is 8.22. The molecular formula is C23H28N4O3S. The van der Waals surface area contributed by atoms with Gasteiger partial charge in [-0.05, 0) is 68.8 Å². The summed E-state index contributed by atoms with van der Waals surface area (Å²) in [6.07, 6.45) is 7.16. The van der Waals surface area contributed by atoms with Crippen LogP contribution in [0, 0.1) is 17.8 Å². The van der Waals surface area contributed by atoms with Crippen LogP contribution in [-0.4, -0.2) is 28.2 Å². The van der Waals surface area contributed by atoms with Crippen LogP contribution >= 0.6 is 11.3 Å². The molecule has 0 saturated heterocycles. The highest BCUT2D eigenvalue weighted by molar-refractivity contribution is 7.15. The van der Waals surface area contributed by atoms with Gasteiger partial charge in [0.25, 0.3) is 0 Å². The maximum Gasteiger partial charge on any atom is 0.408 e. The summed E-state index contributed by atoms with van der Waals surface area (Å²) in [6.45, 7) is 1.78. The molecule has 4 saturated carbocycles. The van der Waals surface area contributed by atoms with Gasteiger partial charge in [0, 0.05) is 5.41 Å². The van der Waals surface area contributed by atoms with Gasteiger partial charge in [-0.15, -0.1) is 10.2 Å². The third-order valence-electron chi connectivity index (χ3n) is 7.09. The van der Waals surface area contributed by atoms with Crippen molar-refractivity contribution in [1.82, 2.24) is 15.5 Å². The van der Waals surface area contributed by atoms with Crippen LogP contribution in [0.25, 0.3) is 0 Å². The van der Waals surface area contributed by atoms with Crippen molar-refractivity contribution in [1.29, 1.82) is 0 Å². The zero-order valence-corrected chi connectivity index (χ0v) is 18.5. The fraction of sp³-hybridized carbons (Fsp3) is 0.565. The number of benzene rings is 1. The van der Waals surface area contributed by atoms with E-state index >= 15 is 0 Å². The van der Waals surface area contributed by atoms with Crippen molar-refractivity contribution >= 4 is 28.5 Å². The standard InChI is InChI=1S/C23H28N4O3S/c1-14(24-22(29)30-13-15-5-3-2-4-6-15)19(28)25-21-27-26-20(31-21)23-10-16-7-17(11-23)9-18(8-16)12-23/h2-6,14,16-18H,7-13H2,1H3,(H,24,29)(H,25,27,28). The molecule has 1 aromatic heterocycles. The maximum atomic E-state index is 12.5. The lowest BCUT2D eigenvalue weighted by Gasteiger charge is -2.55. The van der Waals surface area contributed by atoms with Crippen molar-refractivity contribution in [2.75, 3.05) is 5.32 Å². The molecule has 2 amide bonds. The summed E-state index contributed by atoms with van der Waals surface area (Å²) in [5, 5.41) is 15.7. The van der Waals surface area contributed by atoms with E-state index in [4.69, 9.17) is 4.74 Å². The molecular weight excluding hydrogens is 412 g/mol. The van der Waals surface area contributed by atoms with E-state index in [0.717, 1.165) is 28.3 Å². The van der Waals surface area contributed by atoms with Crippen molar-refractivity contribution in [2.24, 2.45) is 17.8 Å². The fourth-order valence-electron chi connectivity index (χ4n) is 6.08. The molecule has 0 spiro atoms. The third kappa shape index (κ3) is 4.31. The van der Waals surface area contributed by atoms with Crippen LogP contribution in [-0.2, 0) is 21.6 Å². The van der Waals surface area contributed by atoms with E-state index in [-0.39, 0.29) is 17.9 Å². The summed E-state index contributed by atoms with van der Waals surface area (Å²) in [4.78, 5) is 24.5. The average Bonchev–Trinajstić information content (AvgIpc) is 3.21. The summed E-state index contributed by atoms with van der Waals surface area (Å²) in [5.41, 5.74) is 1.06. The van der Waals surface area contributed by atoms with Gasteiger partial charge >= 0.3 is 6.09 Å². The lowest BCUT2D eigenvalue weighted by Crippen LogP contribution is -2.48. The Morgan fingerprint density at radius 1 is 1.10 bits per heavy atom. The van der Waals surface area contributed by atoms with Gasteiger partial charge in [0.2, 0.25) is 11.0 Å². The molecule has 4 fully saturated rings. The molecule has 4 aliphatic rings. The van der Waals surface area contributed by atoms with E-state index in [1.807, 2.05) is 30.3 Å².